The molecule has 0 aromatic heterocycles. The molecule has 4 rings (SSSR count). The first-order chi connectivity index (χ1) is 15.0. The van der Waals surface area contributed by atoms with Crippen molar-refractivity contribution in [2.45, 2.75) is 35.7 Å². The Labute approximate surface area is 191 Å². The van der Waals surface area contributed by atoms with Crippen molar-refractivity contribution in [2.75, 3.05) is 5.75 Å². The van der Waals surface area contributed by atoms with E-state index in [0.717, 1.165) is 26.5 Å². The zero-order chi connectivity index (χ0) is 21.8. The van der Waals surface area contributed by atoms with Gasteiger partial charge in [-0.3, -0.25) is 0 Å². The van der Waals surface area contributed by atoms with E-state index < -0.39 is 11.6 Å². The molecule has 0 amide bonds. The molecule has 1 heterocycles. The van der Waals surface area contributed by atoms with Gasteiger partial charge >= 0.3 is 5.97 Å². The highest BCUT2D eigenvalue weighted by Gasteiger charge is 2.44. The maximum atomic E-state index is 13.1. The number of aliphatic hydroxyl groups is 1. The smallest absolute Gasteiger partial charge is 0.349 e. The molecule has 31 heavy (non-hydrogen) atoms. The summed E-state index contributed by atoms with van der Waals surface area (Å²) in [5, 5.41) is 11.0. The minimum absolute atomic E-state index is 0.0830. The molecule has 1 atom stereocenters. The number of hydrogen-bond acceptors (Lipinski definition) is 5. The highest BCUT2D eigenvalue weighted by Crippen LogP contribution is 2.45. The zero-order valence-electron chi connectivity index (χ0n) is 17.5. The molecule has 1 unspecified atom stereocenters. The van der Waals surface area contributed by atoms with E-state index in [2.05, 4.69) is 0 Å². The molecular formula is C26H24O3S2. The highest BCUT2D eigenvalue weighted by molar-refractivity contribution is 8.04. The lowest BCUT2D eigenvalue weighted by atomic mass is 9.89. The van der Waals surface area contributed by atoms with Gasteiger partial charge < -0.3 is 9.84 Å². The molecular weight excluding hydrogens is 424 g/mol. The maximum absolute atomic E-state index is 13.1. The highest BCUT2D eigenvalue weighted by atomic mass is 32.2. The van der Waals surface area contributed by atoms with Gasteiger partial charge in [-0.05, 0) is 48.7 Å². The third-order valence-electron chi connectivity index (χ3n) is 5.26. The molecule has 0 bridgehead atoms. The van der Waals surface area contributed by atoms with Crippen molar-refractivity contribution in [3.05, 3.63) is 106 Å². The van der Waals surface area contributed by atoms with E-state index in [9.17, 15) is 9.90 Å². The van der Waals surface area contributed by atoms with E-state index in [1.165, 1.54) is 11.8 Å². The van der Waals surface area contributed by atoms with Crippen molar-refractivity contribution in [1.29, 1.82) is 0 Å². The second-order valence-corrected chi connectivity index (χ2v) is 9.78. The van der Waals surface area contributed by atoms with E-state index >= 15 is 0 Å². The topological polar surface area (TPSA) is 46.5 Å². The fourth-order valence-electron chi connectivity index (χ4n) is 3.54. The summed E-state index contributed by atoms with van der Waals surface area (Å²) < 4.78 is 6.11. The predicted octanol–water partition coefficient (Wildman–Crippen LogP) is 6.80. The number of aliphatic hydroxyl groups excluding tert-OH is 1. The largest absolute Gasteiger partial charge is 0.511 e. The molecule has 1 aliphatic heterocycles. The van der Waals surface area contributed by atoms with Crippen molar-refractivity contribution in [3.8, 4) is 0 Å². The summed E-state index contributed by atoms with van der Waals surface area (Å²) in [7, 11) is 0. The number of thioether (sulfide) groups is 2. The van der Waals surface area contributed by atoms with Crippen LogP contribution < -0.4 is 0 Å². The first-order valence-corrected chi connectivity index (χ1v) is 11.9. The molecule has 0 saturated heterocycles. The van der Waals surface area contributed by atoms with Gasteiger partial charge in [0.1, 0.15) is 10.7 Å². The summed E-state index contributed by atoms with van der Waals surface area (Å²) in [6, 6.07) is 25.8. The van der Waals surface area contributed by atoms with E-state index in [0.29, 0.717) is 5.75 Å². The van der Waals surface area contributed by atoms with Gasteiger partial charge in [-0.1, -0.05) is 72.4 Å². The van der Waals surface area contributed by atoms with Gasteiger partial charge in [0.15, 0.2) is 5.60 Å². The average Bonchev–Trinajstić information content (AvgIpc) is 2.78. The van der Waals surface area contributed by atoms with Crippen LogP contribution in [0.25, 0.3) is 0 Å². The van der Waals surface area contributed by atoms with Crippen LogP contribution in [-0.4, -0.2) is 16.8 Å². The van der Waals surface area contributed by atoms with Gasteiger partial charge in [-0.25, -0.2) is 4.79 Å². The number of cyclic esters (lactones) is 1. The Morgan fingerprint density at radius 2 is 1.65 bits per heavy atom. The first-order valence-electron chi connectivity index (χ1n) is 10.1. The molecule has 0 fully saturated rings. The lowest BCUT2D eigenvalue weighted by Crippen LogP contribution is -2.39. The van der Waals surface area contributed by atoms with E-state index in [4.69, 9.17) is 4.74 Å². The number of esters is 1. The van der Waals surface area contributed by atoms with E-state index in [1.54, 1.807) is 11.8 Å². The number of hydrogen-bond donors (Lipinski definition) is 1. The second-order valence-electron chi connectivity index (χ2n) is 7.68. The van der Waals surface area contributed by atoms with Crippen molar-refractivity contribution < 1.29 is 14.6 Å². The lowest BCUT2D eigenvalue weighted by molar-refractivity contribution is -0.156. The molecule has 5 heteroatoms. The van der Waals surface area contributed by atoms with Crippen LogP contribution >= 0.6 is 23.5 Å². The van der Waals surface area contributed by atoms with Crippen molar-refractivity contribution >= 4 is 29.5 Å². The minimum atomic E-state index is -0.922. The van der Waals surface area contributed by atoms with Gasteiger partial charge in [0.05, 0.1) is 6.42 Å². The molecule has 0 radical (unpaired) electrons. The molecule has 0 aliphatic carbocycles. The standard InChI is InChI=1S/C26H24O3S2/c1-18-13-14-19(2)23(15-18)31-24-22(27)16-26(29-25(24)28,20-9-5-3-6-10-20)17-30-21-11-7-4-8-12-21/h3-15,27H,16-17H2,1-2H3. The Kier molecular flexibility index (Phi) is 6.44. The monoisotopic (exact) mass is 448 g/mol. The predicted molar refractivity (Wildman–Crippen MR) is 127 cm³/mol. The number of rotatable bonds is 6. The summed E-state index contributed by atoms with van der Waals surface area (Å²) in [4.78, 5) is 15.4. The molecule has 3 aromatic rings. The van der Waals surface area contributed by atoms with Crippen LogP contribution in [0.5, 0.6) is 0 Å². The van der Waals surface area contributed by atoms with Crippen LogP contribution in [0.15, 0.2) is 99.3 Å². The fourth-order valence-corrected chi connectivity index (χ4v) is 5.63. The Balaban J connectivity index is 1.66. The Bertz CT molecular complexity index is 1110. The molecule has 1 N–H and O–H groups in total. The number of aryl methyl sites for hydroxylation is 2. The fraction of sp³-hybridized carbons (Fsp3) is 0.192. The second kappa shape index (κ2) is 9.25. The Morgan fingerprint density at radius 1 is 0.968 bits per heavy atom. The number of ether oxygens (including phenoxy) is 1. The van der Waals surface area contributed by atoms with Gasteiger partial charge in [-0.2, -0.15) is 0 Å². The van der Waals surface area contributed by atoms with Crippen LogP contribution in [0.3, 0.4) is 0 Å². The Morgan fingerprint density at radius 3 is 2.32 bits per heavy atom. The van der Waals surface area contributed by atoms with Crippen LogP contribution in [0.4, 0.5) is 0 Å². The zero-order valence-corrected chi connectivity index (χ0v) is 19.1. The molecule has 3 aromatic carbocycles. The van der Waals surface area contributed by atoms with E-state index in [-0.39, 0.29) is 17.1 Å². The van der Waals surface area contributed by atoms with Crippen LogP contribution in [0, 0.1) is 13.8 Å². The lowest BCUT2D eigenvalue weighted by Gasteiger charge is -2.37. The van der Waals surface area contributed by atoms with Gasteiger partial charge in [0.2, 0.25) is 0 Å². The molecule has 3 nitrogen and oxygen atoms in total. The van der Waals surface area contributed by atoms with Crippen molar-refractivity contribution in [1.82, 2.24) is 0 Å². The van der Waals surface area contributed by atoms with Crippen molar-refractivity contribution in [2.24, 2.45) is 0 Å². The first kappa shape index (κ1) is 21.6. The average molecular weight is 449 g/mol. The summed E-state index contributed by atoms with van der Waals surface area (Å²) in [6.07, 6.45) is 0.246. The summed E-state index contributed by atoms with van der Waals surface area (Å²) in [6.45, 7) is 4.01. The summed E-state index contributed by atoms with van der Waals surface area (Å²) in [5.41, 5.74) is 2.13. The van der Waals surface area contributed by atoms with E-state index in [1.807, 2.05) is 92.7 Å². The SMILES string of the molecule is Cc1ccc(C)c(SC2=C(O)CC(CSc3ccccc3)(c3ccccc3)OC2=O)c1. The van der Waals surface area contributed by atoms with Crippen LogP contribution in [0.1, 0.15) is 23.1 Å². The van der Waals surface area contributed by atoms with Crippen molar-refractivity contribution in [3.63, 3.8) is 0 Å². The molecule has 0 saturated carbocycles. The molecule has 0 spiro atoms. The van der Waals surface area contributed by atoms with Crippen LogP contribution in [-0.2, 0) is 15.1 Å². The van der Waals surface area contributed by atoms with Crippen LogP contribution in [0.2, 0.25) is 0 Å². The third kappa shape index (κ3) is 4.83. The number of carbonyl (C=O) groups excluding carboxylic acids is 1. The molecule has 1 aliphatic rings. The van der Waals surface area contributed by atoms with Gasteiger partial charge in [0.25, 0.3) is 0 Å². The van der Waals surface area contributed by atoms with Gasteiger partial charge in [-0.15, -0.1) is 11.8 Å². The molecule has 158 valence electrons. The maximum Gasteiger partial charge on any atom is 0.349 e. The quantitative estimate of drug-likeness (QED) is 0.332. The van der Waals surface area contributed by atoms with Gasteiger partial charge in [0, 0.05) is 15.5 Å². The Hall–Kier alpha value is -2.63. The number of benzene rings is 3. The normalized spacial score (nSPS) is 18.7. The minimum Gasteiger partial charge on any atom is -0.511 e. The third-order valence-corrected chi connectivity index (χ3v) is 7.74. The summed E-state index contributed by atoms with van der Waals surface area (Å²) in [5.74, 6) is 0.116. The summed E-state index contributed by atoms with van der Waals surface area (Å²) >= 11 is 2.90. The number of carbonyl (C=O) groups is 1.